The van der Waals surface area contributed by atoms with Crippen LogP contribution in [0.25, 0.3) is 0 Å². The molecular weight excluding hydrogens is 736 g/mol. The molecule has 0 spiro atoms. The van der Waals surface area contributed by atoms with Gasteiger partial charge in [-0.05, 0) is 60.7 Å². The molecule has 0 bridgehead atoms. The number of rotatable bonds is 0. The minimum absolute atomic E-state index is 0. The maximum absolute atomic E-state index is 3.18. The molecule has 0 fully saturated rings. The zero-order valence-corrected chi connectivity index (χ0v) is 31.7. The van der Waals surface area contributed by atoms with Gasteiger partial charge in [0.1, 0.15) is 0 Å². The molecule has 8 aromatic rings. The van der Waals surface area contributed by atoms with E-state index in [1.807, 2.05) is 218 Å². The van der Waals surface area contributed by atoms with Crippen LogP contribution in [0.15, 0.2) is 218 Å². The van der Waals surface area contributed by atoms with Gasteiger partial charge in [-0.15, -0.1) is 35.1 Å². The van der Waals surface area contributed by atoms with Gasteiger partial charge in [-0.2, -0.15) is 84.6 Å². The van der Waals surface area contributed by atoms with E-state index in [0.29, 0.717) is 0 Å². The molecule has 2 heteroatoms. The van der Waals surface area contributed by atoms with E-state index in [1.165, 1.54) is 0 Å². The van der Waals surface area contributed by atoms with Gasteiger partial charge in [0, 0.05) is 33.4 Å². The van der Waals surface area contributed by atoms with Crippen LogP contribution in [-0.2, 0) is 34.1 Å². The average molecular weight is 773 g/mol. The van der Waals surface area contributed by atoms with Crippen molar-refractivity contribution in [3.05, 3.63) is 263 Å². The summed E-state index contributed by atoms with van der Waals surface area (Å²) in [5, 5.41) is 0. The van der Waals surface area contributed by atoms with Crippen molar-refractivity contribution < 1.29 is 34.1 Å². The minimum atomic E-state index is 0. The van der Waals surface area contributed by atoms with Crippen LogP contribution in [0, 0.1) is 47.4 Å². The van der Waals surface area contributed by atoms with Gasteiger partial charge < -0.3 is 0 Å². The Labute approximate surface area is 342 Å². The van der Waals surface area contributed by atoms with Crippen molar-refractivity contribution in [3.63, 3.8) is 0 Å². The predicted octanol–water partition coefficient (Wildman–Crippen LogP) is 11.2. The van der Waals surface area contributed by atoms with E-state index in [2.05, 4.69) is 47.4 Å². The third-order valence-corrected chi connectivity index (χ3v) is 7.11. The summed E-state index contributed by atoms with van der Waals surface area (Å²) in [7, 11) is 0. The molecule has 0 heterocycles. The van der Waals surface area contributed by atoms with E-state index in [9.17, 15) is 0 Å². The molecule has 0 unspecified atom stereocenters. The Morgan fingerprint density at radius 1 is 0.259 bits per heavy atom. The average Bonchev–Trinajstić information content (AvgIpc) is 4.07. The van der Waals surface area contributed by atoms with Crippen LogP contribution in [0.1, 0.15) is 44.5 Å². The summed E-state index contributed by atoms with van der Waals surface area (Å²) in [6.07, 6.45) is 0. The SMILES string of the molecule is C(#Cc1cccc(C#Cc2ccc[cH-]2)c1)c1ccccc1.C(#Cc1cccc(C#Cc2ccc[cH-]2)c1)c1ccccc1.[Fe+2].[Fe+2].c1cc[cH-]c1.c1cc[cH-]c1. The summed E-state index contributed by atoms with van der Waals surface area (Å²) < 4.78 is 0. The Morgan fingerprint density at radius 2 is 0.574 bits per heavy atom. The topological polar surface area (TPSA) is 0 Å². The summed E-state index contributed by atoms with van der Waals surface area (Å²) >= 11 is 0. The molecule has 0 saturated carbocycles. The van der Waals surface area contributed by atoms with Crippen LogP contribution >= 0.6 is 0 Å². The Balaban J connectivity index is 0.000000224. The monoisotopic (exact) mass is 772 g/mol. The Morgan fingerprint density at radius 3 is 0.870 bits per heavy atom. The Kier molecular flexibility index (Phi) is 19.8. The first kappa shape index (κ1) is 42.0. The number of hydrogen-bond donors (Lipinski definition) is 0. The fourth-order valence-corrected chi connectivity index (χ4v) is 4.53. The van der Waals surface area contributed by atoms with Crippen molar-refractivity contribution >= 4 is 0 Å². The van der Waals surface area contributed by atoms with Crippen LogP contribution in [0.5, 0.6) is 0 Å². The molecule has 0 amide bonds. The Bertz CT molecular complexity index is 2170. The molecule has 260 valence electrons. The summed E-state index contributed by atoms with van der Waals surface area (Å²) in [5.41, 5.74) is 8.04. The van der Waals surface area contributed by atoms with E-state index in [0.717, 1.165) is 44.5 Å². The molecule has 0 aliphatic heterocycles. The zero-order chi connectivity index (χ0) is 35.7. The van der Waals surface area contributed by atoms with Crippen LogP contribution < -0.4 is 0 Å². The Hall–Kier alpha value is -6.44. The van der Waals surface area contributed by atoms with E-state index < -0.39 is 0 Å². The molecule has 0 radical (unpaired) electrons. The van der Waals surface area contributed by atoms with Crippen LogP contribution in [0.3, 0.4) is 0 Å². The molecule has 54 heavy (non-hydrogen) atoms. The molecule has 0 nitrogen and oxygen atoms in total. The standard InChI is InChI=1S/2C21H13.2C5H5.2Fe/c2*1-2-7-18(8-3-1)13-15-20-11-6-12-21(17-20)16-14-19-9-4-5-10-19;2*1-2-4-5-3-1;;/h2*1-12,17H;2*1-5H;;/q4*-1;2*+2. The fraction of sp³-hybridized carbons (Fsp3) is 0. The third-order valence-electron chi connectivity index (χ3n) is 7.11. The molecule has 8 rings (SSSR count). The van der Waals surface area contributed by atoms with Gasteiger partial charge in [0.2, 0.25) is 0 Å². The van der Waals surface area contributed by atoms with E-state index >= 15 is 0 Å². The van der Waals surface area contributed by atoms with Gasteiger partial charge in [0.15, 0.2) is 0 Å². The first-order chi connectivity index (χ1) is 25.8. The quantitative estimate of drug-likeness (QED) is 0.0818. The van der Waals surface area contributed by atoms with Crippen LogP contribution in [-0.4, -0.2) is 0 Å². The smallest absolute Gasteiger partial charge is 0.214 e. The maximum Gasteiger partial charge on any atom is 2.00 e. The molecular formula is C52H36Fe2. The summed E-state index contributed by atoms with van der Waals surface area (Å²) in [4.78, 5) is 0. The van der Waals surface area contributed by atoms with Gasteiger partial charge in [-0.25, -0.2) is 24.3 Å². The zero-order valence-electron chi connectivity index (χ0n) is 29.5. The molecule has 0 aromatic heterocycles. The van der Waals surface area contributed by atoms with Gasteiger partial charge in [-0.3, -0.25) is 0 Å². The predicted molar refractivity (Wildman–Crippen MR) is 218 cm³/mol. The fourth-order valence-electron chi connectivity index (χ4n) is 4.53. The van der Waals surface area contributed by atoms with Crippen molar-refractivity contribution in [3.8, 4) is 47.4 Å². The molecule has 0 atom stereocenters. The van der Waals surface area contributed by atoms with Crippen molar-refractivity contribution in [2.45, 2.75) is 0 Å². The second kappa shape index (κ2) is 25.5. The van der Waals surface area contributed by atoms with Gasteiger partial charge in [0.25, 0.3) is 0 Å². The van der Waals surface area contributed by atoms with Crippen LogP contribution in [0.2, 0.25) is 0 Å². The van der Waals surface area contributed by atoms with E-state index in [4.69, 9.17) is 0 Å². The molecule has 0 aliphatic rings. The first-order valence-electron chi connectivity index (χ1n) is 17.0. The van der Waals surface area contributed by atoms with Crippen molar-refractivity contribution in [1.29, 1.82) is 0 Å². The van der Waals surface area contributed by atoms with Crippen molar-refractivity contribution in [1.82, 2.24) is 0 Å². The second-order valence-corrected chi connectivity index (χ2v) is 11.2. The largest absolute Gasteiger partial charge is 2.00 e. The van der Waals surface area contributed by atoms with Crippen molar-refractivity contribution in [2.75, 3.05) is 0 Å². The molecule has 0 saturated heterocycles. The van der Waals surface area contributed by atoms with Crippen molar-refractivity contribution in [2.24, 2.45) is 0 Å². The van der Waals surface area contributed by atoms with Crippen LogP contribution in [0.4, 0.5) is 0 Å². The molecule has 0 N–H and O–H groups in total. The first-order valence-corrected chi connectivity index (χ1v) is 17.0. The molecule has 8 aromatic carbocycles. The normalized spacial score (nSPS) is 8.59. The summed E-state index contributed by atoms with van der Waals surface area (Å²) in [6.45, 7) is 0. The maximum atomic E-state index is 3.18. The molecule has 0 aliphatic carbocycles. The number of benzene rings is 4. The summed E-state index contributed by atoms with van der Waals surface area (Å²) in [6, 6.07) is 72.0. The van der Waals surface area contributed by atoms with Gasteiger partial charge in [-0.1, -0.05) is 72.2 Å². The van der Waals surface area contributed by atoms with Gasteiger partial charge in [0.05, 0.1) is 0 Å². The van der Waals surface area contributed by atoms with E-state index in [-0.39, 0.29) is 34.1 Å². The van der Waals surface area contributed by atoms with E-state index in [1.54, 1.807) is 0 Å². The third kappa shape index (κ3) is 16.7. The van der Waals surface area contributed by atoms with Gasteiger partial charge >= 0.3 is 34.1 Å². The second-order valence-electron chi connectivity index (χ2n) is 11.2. The summed E-state index contributed by atoms with van der Waals surface area (Å²) in [5.74, 6) is 25.3. The number of hydrogen-bond acceptors (Lipinski definition) is 0. The minimum Gasteiger partial charge on any atom is -0.214 e.